The quantitative estimate of drug-likeness (QED) is 0.693. The lowest BCUT2D eigenvalue weighted by Crippen LogP contribution is -1.88. The van der Waals surface area contributed by atoms with Crippen LogP contribution >= 0.6 is 0 Å². The van der Waals surface area contributed by atoms with Crippen molar-refractivity contribution in [1.82, 2.24) is 4.98 Å². The molecule has 0 fully saturated rings. The first-order valence-electron chi connectivity index (χ1n) is 5.90. The zero-order valence-electron chi connectivity index (χ0n) is 10.1. The van der Waals surface area contributed by atoms with Gasteiger partial charge in [0.05, 0.1) is 11.2 Å². The summed E-state index contributed by atoms with van der Waals surface area (Å²) in [6.45, 7) is 2.06. The molecule has 2 nitrogen and oxygen atoms in total. The Bertz CT molecular complexity index is 705. The first kappa shape index (κ1) is 10.8. The average molecular weight is 235 g/mol. The minimum Gasteiger partial charge on any atom is -0.508 e. The summed E-state index contributed by atoms with van der Waals surface area (Å²) in [6.07, 6.45) is 0. The summed E-state index contributed by atoms with van der Waals surface area (Å²) in [7, 11) is 0. The van der Waals surface area contributed by atoms with E-state index >= 15 is 0 Å². The number of hydrogen-bond donors (Lipinski definition) is 1. The largest absolute Gasteiger partial charge is 0.508 e. The normalized spacial score (nSPS) is 10.7. The second-order valence-corrected chi connectivity index (χ2v) is 4.39. The number of rotatable bonds is 1. The molecule has 0 aliphatic carbocycles. The van der Waals surface area contributed by atoms with Crippen LogP contribution in [0.5, 0.6) is 5.75 Å². The van der Waals surface area contributed by atoms with Crippen LogP contribution in [-0.2, 0) is 0 Å². The summed E-state index contributed by atoms with van der Waals surface area (Å²) in [5, 5.41) is 10.6. The van der Waals surface area contributed by atoms with Gasteiger partial charge in [-0.25, -0.2) is 4.98 Å². The van der Waals surface area contributed by atoms with Gasteiger partial charge in [-0.05, 0) is 30.7 Å². The fourth-order valence-electron chi connectivity index (χ4n) is 2.15. The maximum absolute atomic E-state index is 9.54. The molecule has 0 spiro atoms. The molecule has 1 N–H and O–H groups in total. The van der Waals surface area contributed by atoms with E-state index in [4.69, 9.17) is 0 Å². The molecule has 88 valence electrons. The Morgan fingerprint density at radius 2 is 1.72 bits per heavy atom. The van der Waals surface area contributed by atoms with Crippen LogP contribution in [0.1, 0.15) is 5.56 Å². The third-order valence-corrected chi connectivity index (χ3v) is 3.07. The molecule has 2 heteroatoms. The fourth-order valence-corrected chi connectivity index (χ4v) is 2.15. The minimum absolute atomic E-state index is 0.250. The van der Waals surface area contributed by atoms with Crippen LogP contribution in [0.25, 0.3) is 22.2 Å². The molecule has 0 saturated carbocycles. The van der Waals surface area contributed by atoms with Crippen LogP contribution in [0.15, 0.2) is 54.6 Å². The zero-order valence-corrected chi connectivity index (χ0v) is 10.1. The average Bonchev–Trinajstić information content (AvgIpc) is 2.39. The van der Waals surface area contributed by atoms with E-state index in [2.05, 4.69) is 18.0 Å². The topological polar surface area (TPSA) is 33.1 Å². The Kier molecular flexibility index (Phi) is 2.49. The van der Waals surface area contributed by atoms with Crippen molar-refractivity contribution in [2.75, 3.05) is 0 Å². The maximum Gasteiger partial charge on any atom is 0.117 e. The number of aromatic hydroxyl groups is 1. The van der Waals surface area contributed by atoms with Crippen LogP contribution in [0, 0.1) is 6.92 Å². The van der Waals surface area contributed by atoms with Gasteiger partial charge in [-0.1, -0.05) is 30.3 Å². The Morgan fingerprint density at radius 1 is 0.944 bits per heavy atom. The van der Waals surface area contributed by atoms with Gasteiger partial charge in [0.2, 0.25) is 0 Å². The summed E-state index contributed by atoms with van der Waals surface area (Å²) in [4.78, 5) is 4.61. The number of benzene rings is 2. The maximum atomic E-state index is 9.54. The van der Waals surface area contributed by atoms with Crippen molar-refractivity contribution >= 4 is 10.9 Å². The van der Waals surface area contributed by atoms with E-state index in [-0.39, 0.29) is 5.75 Å². The van der Waals surface area contributed by atoms with E-state index in [0.29, 0.717) is 0 Å². The number of hydrogen-bond acceptors (Lipinski definition) is 2. The Balaban J connectivity index is 2.27. The van der Waals surface area contributed by atoms with Gasteiger partial charge in [0.25, 0.3) is 0 Å². The van der Waals surface area contributed by atoms with Crippen molar-refractivity contribution in [1.29, 1.82) is 0 Å². The molecule has 1 aromatic heterocycles. The Hall–Kier alpha value is -2.35. The third kappa shape index (κ3) is 1.82. The van der Waals surface area contributed by atoms with Crippen molar-refractivity contribution in [3.63, 3.8) is 0 Å². The molecule has 1 heterocycles. The van der Waals surface area contributed by atoms with Crippen LogP contribution in [-0.4, -0.2) is 10.1 Å². The van der Waals surface area contributed by atoms with Crippen molar-refractivity contribution in [3.8, 4) is 17.0 Å². The summed E-state index contributed by atoms with van der Waals surface area (Å²) in [6, 6.07) is 17.4. The molecule has 3 rings (SSSR count). The molecule has 18 heavy (non-hydrogen) atoms. The third-order valence-electron chi connectivity index (χ3n) is 3.07. The Morgan fingerprint density at radius 3 is 2.50 bits per heavy atom. The monoisotopic (exact) mass is 235 g/mol. The number of phenolic OH excluding ortho intramolecular Hbond substituents is 1. The lowest BCUT2D eigenvalue weighted by molar-refractivity contribution is 0.476. The van der Waals surface area contributed by atoms with Crippen LogP contribution in [0.2, 0.25) is 0 Å². The summed E-state index contributed by atoms with van der Waals surface area (Å²) in [5.41, 5.74) is 4.02. The molecule has 0 saturated heterocycles. The molecule has 0 radical (unpaired) electrons. The smallest absolute Gasteiger partial charge is 0.117 e. The standard InChI is InChI=1S/C16H13NO/c1-11-9-15(12-5-3-2-4-6-12)17-16-10-13(18)7-8-14(11)16/h2-10,18H,1H3. The van der Waals surface area contributed by atoms with Gasteiger partial charge >= 0.3 is 0 Å². The highest BCUT2D eigenvalue weighted by molar-refractivity contribution is 5.86. The lowest BCUT2D eigenvalue weighted by Gasteiger charge is -2.07. The summed E-state index contributed by atoms with van der Waals surface area (Å²) in [5.74, 6) is 0.250. The van der Waals surface area contributed by atoms with E-state index in [1.807, 2.05) is 36.4 Å². The van der Waals surface area contributed by atoms with Crippen LogP contribution < -0.4 is 0 Å². The molecule has 3 aromatic rings. The first-order valence-corrected chi connectivity index (χ1v) is 5.90. The van der Waals surface area contributed by atoms with Gasteiger partial charge in [0.15, 0.2) is 0 Å². The predicted molar refractivity (Wildman–Crippen MR) is 73.6 cm³/mol. The molecular weight excluding hydrogens is 222 g/mol. The predicted octanol–water partition coefficient (Wildman–Crippen LogP) is 3.92. The molecule has 0 atom stereocenters. The number of aromatic nitrogens is 1. The van der Waals surface area contributed by atoms with Crippen molar-refractivity contribution in [2.24, 2.45) is 0 Å². The molecule has 0 aliphatic heterocycles. The van der Waals surface area contributed by atoms with Crippen molar-refractivity contribution < 1.29 is 5.11 Å². The van der Waals surface area contributed by atoms with E-state index in [1.165, 1.54) is 5.56 Å². The minimum atomic E-state index is 0.250. The van der Waals surface area contributed by atoms with E-state index in [0.717, 1.165) is 22.2 Å². The van der Waals surface area contributed by atoms with Gasteiger partial charge in [-0.2, -0.15) is 0 Å². The van der Waals surface area contributed by atoms with Gasteiger partial charge in [-0.3, -0.25) is 0 Å². The van der Waals surface area contributed by atoms with Gasteiger partial charge in [0.1, 0.15) is 5.75 Å². The van der Waals surface area contributed by atoms with Crippen LogP contribution in [0.4, 0.5) is 0 Å². The molecular formula is C16H13NO. The summed E-state index contributed by atoms with van der Waals surface area (Å²) >= 11 is 0. The van der Waals surface area contributed by atoms with E-state index < -0.39 is 0 Å². The number of phenols is 1. The highest BCUT2D eigenvalue weighted by Gasteiger charge is 2.05. The molecule has 0 unspecified atom stereocenters. The first-order chi connectivity index (χ1) is 8.74. The number of pyridine rings is 1. The molecule has 0 bridgehead atoms. The second kappa shape index (κ2) is 4.15. The van der Waals surface area contributed by atoms with Crippen molar-refractivity contribution in [2.45, 2.75) is 6.92 Å². The highest BCUT2D eigenvalue weighted by Crippen LogP contribution is 2.26. The molecule has 0 aliphatic rings. The molecule has 0 amide bonds. The van der Waals surface area contributed by atoms with Gasteiger partial charge in [-0.15, -0.1) is 0 Å². The van der Waals surface area contributed by atoms with Crippen molar-refractivity contribution in [3.05, 3.63) is 60.2 Å². The fraction of sp³-hybridized carbons (Fsp3) is 0.0625. The van der Waals surface area contributed by atoms with Crippen LogP contribution in [0.3, 0.4) is 0 Å². The summed E-state index contributed by atoms with van der Waals surface area (Å²) < 4.78 is 0. The second-order valence-electron chi connectivity index (χ2n) is 4.39. The SMILES string of the molecule is Cc1cc(-c2ccccc2)nc2cc(O)ccc12. The van der Waals surface area contributed by atoms with E-state index in [1.54, 1.807) is 12.1 Å². The zero-order chi connectivity index (χ0) is 12.5. The van der Waals surface area contributed by atoms with E-state index in [9.17, 15) is 5.11 Å². The van der Waals surface area contributed by atoms with Gasteiger partial charge in [0, 0.05) is 17.0 Å². The number of aryl methyl sites for hydroxylation is 1. The highest BCUT2D eigenvalue weighted by atomic mass is 16.3. The Labute approximate surface area is 106 Å². The van der Waals surface area contributed by atoms with Gasteiger partial charge < -0.3 is 5.11 Å². The lowest BCUT2D eigenvalue weighted by atomic mass is 10.1. The number of fused-ring (bicyclic) bond motifs is 1. The number of nitrogens with zero attached hydrogens (tertiary/aromatic N) is 1. The molecule has 2 aromatic carbocycles.